The van der Waals surface area contributed by atoms with Gasteiger partial charge in [-0.2, -0.15) is 0 Å². The van der Waals surface area contributed by atoms with E-state index in [1.165, 1.54) is 0 Å². The summed E-state index contributed by atoms with van der Waals surface area (Å²) in [6.07, 6.45) is 4.61. The Morgan fingerprint density at radius 2 is 2.07 bits per heavy atom. The Labute approximate surface area is 90.1 Å². The maximum atomic E-state index is 12.1. The standard InChI is InChI=1S/C12H17NO2/c1-3-13(4-2)12(15)10-7-8-5-6-9(10)11(8)14/h5-6,8-10H,3-4,7H2,1-2H3. The van der Waals surface area contributed by atoms with E-state index in [1.54, 1.807) is 0 Å². The monoisotopic (exact) mass is 207 g/mol. The number of fused-ring (bicyclic) bond motifs is 2. The predicted molar refractivity (Wildman–Crippen MR) is 57.2 cm³/mol. The van der Waals surface area contributed by atoms with Gasteiger partial charge < -0.3 is 4.90 Å². The van der Waals surface area contributed by atoms with Crippen molar-refractivity contribution < 1.29 is 9.59 Å². The number of rotatable bonds is 3. The lowest BCUT2D eigenvalue weighted by molar-refractivity contribution is -0.137. The van der Waals surface area contributed by atoms with Gasteiger partial charge in [-0.05, 0) is 20.3 Å². The molecule has 1 amide bonds. The van der Waals surface area contributed by atoms with Gasteiger partial charge in [0, 0.05) is 24.9 Å². The Morgan fingerprint density at radius 3 is 2.47 bits per heavy atom. The molecule has 3 unspecified atom stereocenters. The van der Waals surface area contributed by atoms with Gasteiger partial charge >= 0.3 is 0 Å². The highest BCUT2D eigenvalue weighted by Crippen LogP contribution is 2.41. The fourth-order valence-corrected chi connectivity index (χ4v) is 2.66. The first kappa shape index (κ1) is 10.4. The number of Topliss-reactive ketones (excluding diaryl/α,β-unsaturated/α-hetero) is 1. The molecule has 0 N–H and O–H groups in total. The highest BCUT2D eigenvalue weighted by Gasteiger charge is 2.47. The van der Waals surface area contributed by atoms with E-state index in [2.05, 4.69) is 0 Å². The van der Waals surface area contributed by atoms with Crippen molar-refractivity contribution in [2.45, 2.75) is 20.3 Å². The van der Waals surface area contributed by atoms with Gasteiger partial charge in [-0.3, -0.25) is 9.59 Å². The molecule has 2 aliphatic rings. The Bertz CT molecular complexity index is 318. The minimum Gasteiger partial charge on any atom is -0.343 e. The van der Waals surface area contributed by atoms with Crippen LogP contribution in [0.2, 0.25) is 0 Å². The van der Waals surface area contributed by atoms with E-state index < -0.39 is 0 Å². The lowest BCUT2D eigenvalue weighted by Crippen LogP contribution is -2.37. The molecule has 0 aromatic rings. The maximum Gasteiger partial charge on any atom is 0.226 e. The number of amides is 1. The van der Waals surface area contributed by atoms with Crippen LogP contribution in [0.4, 0.5) is 0 Å². The first-order chi connectivity index (χ1) is 7.19. The van der Waals surface area contributed by atoms with Crippen LogP contribution >= 0.6 is 0 Å². The molecule has 0 aliphatic heterocycles. The fourth-order valence-electron chi connectivity index (χ4n) is 2.66. The first-order valence-corrected chi connectivity index (χ1v) is 5.69. The van der Waals surface area contributed by atoms with Gasteiger partial charge in [0.1, 0.15) is 5.78 Å². The predicted octanol–water partition coefficient (Wildman–Crippen LogP) is 1.25. The number of ketones is 1. The smallest absolute Gasteiger partial charge is 0.226 e. The van der Waals surface area contributed by atoms with Crippen LogP contribution in [0.25, 0.3) is 0 Å². The zero-order valence-corrected chi connectivity index (χ0v) is 9.27. The molecular formula is C12H17NO2. The minimum atomic E-state index is -0.122. The summed E-state index contributed by atoms with van der Waals surface area (Å²) in [5.74, 6) is 0.237. The van der Waals surface area contributed by atoms with Crippen molar-refractivity contribution in [2.75, 3.05) is 13.1 Å². The molecule has 0 aromatic carbocycles. The van der Waals surface area contributed by atoms with Gasteiger partial charge in [-0.1, -0.05) is 12.2 Å². The van der Waals surface area contributed by atoms with Gasteiger partial charge in [0.2, 0.25) is 5.91 Å². The second-order valence-corrected chi connectivity index (χ2v) is 4.27. The van der Waals surface area contributed by atoms with Crippen LogP contribution < -0.4 is 0 Å². The van der Waals surface area contributed by atoms with Gasteiger partial charge in [-0.25, -0.2) is 0 Å². The molecule has 2 aliphatic carbocycles. The second-order valence-electron chi connectivity index (χ2n) is 4.27. The number of hydrogen-bond acceptors (Lipinski definition) is 2. The molecule has 15 heavy (non-hydrogen) atoms. The summed E-state index contributed by atoms with van der Waals surface area (Å²) in [5, 5.41) is 0. The van der Waals surface area contributed by atoms with E-state index in [-0.39, 0.29) is 29.4 Å². The number of carbonyl (C=O) groups excluding carboxylic acids is 2. The molecule has 3 heteroatoms. The van der Waals surface area contributed by atoms with Crippen molar-refractivity contribution in [3.8, 4) is 0 Å². The maximum absolute atomic E-state index is 12.1. The quantitative estimate of drug-likeness (QED) is 0.653. The van der Waals surface area contributed by atoms with E-state index in [0.717, 1.165) is 19.5 Å². The Morgan fingerprint density at radius 1 is 1.40 bits per heavy atom. The third kappa shape index (κ3) is 1.50. The molecule has 1 fully saturated rings. The molecule has 3 atom stereocenters. The molecule has 2 bridgehead atoms. The van der Waals surface area contributed by atoms with Crippen LogP contribution in [0, 0.1) is 17.8 Å². The SMILES string of the molecule is CCN(CC)C(=O)C1CC2C=CC1C2=O. The van der Waals surface area contributed by atoms with Gasteiger partial charge in [-0.15, -0.1) is 0 Å². The van der Waals surface area contributed by atoms with Gasteiger partial charge in [0.25, 0.3) is 0 Å². The highest BCUT2D eigenvalue weighted by atomic mass is 16.2. The Hall–Kier alpha value is -1.12. The summed E-state index contributed by atoms with van der Waals surface area (Å²) in [4.78, 5) is 25.6. The molecule has 0 aromatic heterocycles. The molecule has 3 nitrogen and oxygen atoms in total. The summed E-state index contributed by atoms with van der Waals surface area (Å²) in [6.45, 7) is 5.43. The summed E-state index contributed by atoms with van der Waals surface area (Å²) < 4.78 is 0. The molecule has 2 rings (SSSR count). The second kappa shape index (κ2) is 3.80. The van der Waals surface area contributed by atoms with E-state index in [1.807, 2.05) is 30.9 Å². The van der Waals surface area contributed by atoms with E-state index in [4.69, 9.17) is 0 Å². The highest BCUT2D eigenvalue weighted by molar-refractivity contribution is 5.97. The lowest BCUT2D eigenvalue weighted by Gasteiger charge is -2.25. The van der Waals surface area contributed by atoms with Crippen LogP contribution in [-0.2, 0) is 9.59 Å². The zero-order valence-electron chi connectivity index (χ0n) is 9.27. The lowest BCUT2D eigenvalue weighted by atomic mass is 9.92. The van der Waals surface area contributed by atoms with Crippen LogP contribution in [0.3, 0.4) is 0 Å². The molecule has 0 radical (unpaired) electrons. The average Bonchev–Trinajstić information content (AvgIpc) is 2.76. The average molecular weight is 207 g/mol. The van der Waals surface area contributed by atoms with E-state index >= 15 is 0 Å². The summed E-state index contributed by atoms with van der Waals surface area (Å²) in [5.41, 5.74) is 0. The summed E-state index contributed by atoms with van der Waals surface area (Å²) >= 11 is 0. The van der Waals surface area contributed by atoms with Crippen molar-refractivity contribution in [3.63, 3.8) is 0 Å². The fraction of sp³-hybridized carbons (Fsp3) is 0.667. The van der Waals surface area contributed by atoms with Crippen molar-refractivity contribution in [1.29, 1.82) is 0 Å². The third-order valence-electron chi connectivity index (χ3n) is 3.58. The summed E-state index contributed by atoms with van der Waals surface area (Å²) in [7, 11) is 0. The first-order valence-electron chi connectivity index (χ1n) is 5.69. The van der Waals surface area contributed by atoms with Crippen molar-refractivity contribution in [1.82, 2.24) is 4.90 Å². The largest absolute Gasteiger partial charge is 0.343 e. The number of hydrogen-bond donors (Lipinski definition) is 0. The van der Waals surface area contributed by atoms with Crippen molar-refractivity contribution >= 4 is 11.7 Å². The van der Waals surface area contributed by atoms with Gasteiger partial charge in [0.05, 0.1) is 5.92 Å². The normalized spacial score (nSPS) is 32.4. The molecule has 0 spiro atoms. The molecule has 1 saturated carbocycles. The van der Waals surface area contributed by atoms with E-state index in [9.17, 15) is 9.59 Å². The van der Waals surface area contributed by atoms with Gasteiger partial charge in [0.15, 0.2) is 0 Å². The molecular weight excluding hydrogens is 190 g/mol. The Kier molecular flexibility index (Phi) is 2.63. The van der Waals surface area contributed by atoms with Crippen molar-refractivity contribution in [3.05, 3.63) is 12.2 Å². The zero-order chi connectivity index (χ0) is 11.0. The molecule has 0 heterocycles. The van der Waals surface area contributed by atoms with Crippen LogP contribution in [0.15, 0.2) is 12.2 Å². The minimum absolute atomic E-state index is 0.0273. The van der Waals surface area contributed by atoms with Crippen LogP contribution in [-0.4, -0.2) is 29.7 Å². The van der Waals surface area contributed by atoms with Crippen molar-refractivity contribution in [2.24, 2.45) is 17.8 Å². The van der Waals surface area contributed by atoms with Crippen LogP contribution in [0.1, 0.15) is 20.3 Å². The Balaban J connectivity index is 2.10. The molecule has 0 saturated heterocycles. The number of carbonyl (C=O) groups is 2. The summed E-state index contributed by atoms with van der Waals surface area (Å²) in [6, 6.07) is 0. The van der Waals surface area contributed by atoms with E-state index in [0.29, 0.717) is 0 Å². The van der Waals surface area contributed by atoms with Crippen LogP contribution in [0.5, 0.6) is 0 Å². The third-order valence-corrected chi connectivity index (χ3v) is 3.58. The number of allylic oxidation sites excluding steroid dienone is 2. The topological polar surface area (TPSA) is 37.4 Å². The number of nitrogens with zero attached hydrogens (tertiary/aromatic N) is 1. The molecule has 82 valence electrons.